The van der Waals surface area contributed by atoms with E-state index in [0.29, 0.717) is 5.56 Å². The Kier molecular flexibility index (Phi) is 3.63. The van der Waals surface area contributed by atoms with Crippen molar-refractivity contribution in [2.45, 2.75) is 24.9 Å². The molecular formula is C11H14O3S. The summed E-state index contributed by atoms with van der Waals surface area (Å²) in [4.78, 5) is 11.0. The highest BCUT2D eigenvalue weighted by molar-refractivity contribution is 7.92. The van der Waals surface area contributed by atoms with Crippen molar-refractivity contribution in [2.75, 3.05) is 0 Å². The summed E-state index contributed by atoms with van der Waals surface area (Å²) >= 11 is 0. The highest BCUT2D eigenvalue weighted by Crippen LogP contribution is 2.11. The van der Waals surface area contributed by atoms with Gasteiger partial charge in [-0.2, -0.15) is 0 Å². The number of hydrogen-bond donors (Lipinski definition) is 0. The van der Waals surface area contributed by atoms with Crippen LogP contribution in [-0.2, 0) is 20.4 Å². The predicted molar refractivity (Wildman–Crippen MR) is 59.2 cm³/mol. The number of carbonyl (C=O) groups is 1. The number of ketones is 1. The van der Waals surface area contributed by atoms with Crippen molar-refractivity contribution in [2.24, 2.45) is 0 Å². The summed E-state index contributed by atoms with van der Waals surface area (Å²) < 4.78 is 23.4. The molecule has 0 aliphatic heterocycles. The second kappa shape index (κ2) is 4.57. The first-order valence-electron chi connectivity index (χ1n) is 4.69. The number of carbonyl (C=O) groups excluding carboxylic acids is 1. The number of benzene rings is 1. The molecule has 0 saturated carbocycles. The first-order chi connectivity index (χ1) is 6.93. The maximum absolute atomic E-state index is 11.7. The molecule has 0 aliphatic rings. The highest BCUT2D eigenvalue weighted by atomic mass is 32.2. The molecule has 0 fully saturated rings. The van der Waals surface area contributed by atoms with E-state index < -0.39 is 15.1 Å². The molecule has 82 valence electrons. The Labute approximate surface area is 90.0 Å². The van der Waals surface area contributed by atoms with Crippen LogP contribution in [0.5, 0.6) is 0 Å². The first kappa shape index (κ1) is 11.9. The van der Waals surface area contributed by atoms with Gasteiger partial charge in [0.1, 0.15) is 11.0 Å². The van der Waals surface area contributed by atoms with Gasteiger partial charge in [0, 0.05) is 0 Å². The lowest BCUT2D eigenvalue weighted by atomic mass is 10.2. The zero-order valence-electron chi connectivity index (χ0n) is 8.80. The van der Waals surface area contributed by atoms with Gasteiger partial charge in [0.05, 0.1) is 5.75 Å². The second-order valence-electron chi connectivity index (χ2n) is 3.55. The molecule has 0 radical (unpaired) electrons. The van der Waals surface area contributed by atoms with Crippen LogP contribution in [0.2, 0.25) is 0 Å². The molecule has 3 nitrogen and oxygen atoms in total. The molecule has 0 aliphatic carbocycles. The quantitative estimate of drug-likeness (QED) is 0.783. The fourth-order valence-corrected chi connectivity index (χ4v) is 2.60. The third kappa shape index (κ3) is 3.16. The first-order valence-corrected chi connectivity index (χ1v) is 6.41. The van der Waals surface area contributed by atoms with Crippen LogP contribution in [0.1, 0.15) is 19.4 Å². The number of hydrogen-bond acceptors (Lipinski definition) is 3. The van der Waals surface area contributed by atoms with Crippen molar-refractivity contribution in [3.8, 4) is 0 Å². The molecule has 1 aromatic rings. The average molecular weight is 226 g/mol. The summed E-state index contributed by atoms with van der Waals surface area (Å²) in [6.07, 6.45) is 0. The lowest BCUT2D eigenvalue weighted by molar-refractivity contribution is -0.116. The normalized spacial score (nSPS) is 13.5. The number of sulfone groups is 1. The van der Waals surface area contributed by atoms with Gasteiger partial charge in [-0.25, -0.2) is 8.42 Å². The van der Waals surface area contributed by atoms with Crippen molar-refractivity contribution >= 4 is 15.6 Å². The Morgan fingerprint density at radius 1 is 1.27 bits per heavy atom. The van der Waals surface area contributed by atoms with Crippen molar-refractivity contribution < 1.29 is 13.2 Å². The van der Waals surface area contributed by atoms with Gasteiger partial charge in [-0.15, -0.1) is 0 Å². The third-order valence-electron chi connectivity index (χ3n) is 2.32. The average Bonchev–Trinajstić information content (AvgIpc) is 2.17. The van der Waals surface area contributed by atoms with Crippen LogP contribution in [0.3, 0.4) is 0 Å². The van der Waals surface area contributed by atoms with E-state index in [2.05, 4.69) is 0 Å². The van der Waals surface area contributed by atoms with E-state index in [1.54, 1.807) is 24.3 Å². The Morgan fingerprint density at radius 3 is 2.27 bits per heavy atom. The molecule has 0 N–H and O–H groups in total. The standard InChI is InChI=1S/C11H14O3S/c1-9(12)10(2)15(13,14)8-11-6-4-3-5-7-11/h3-7,10H,8H2,1-2H3. The van der Waals surface area contributed by atoms with E-state index >= 15 is 0 Å². The minimum atomic E-state index is -3.36. The monoisotopic (exact) mass is 226 g/mol. The summed E-state index contributed by atoms with van der Waals surface area (Å²) in [5, 5.41) is -0.919. The molecule has 0 amide bonds. The Balaban J connectivity index is 2.87. The van der Waals surface area contributed by atoms with Crippen molar-refractivity contribution in [3.63, 3.8) is 0 Å². The van der Waals surface area contributed by atoms with E-state index in [9.17, 15) is 13.2 Å². The molecule has 1 atom stereocenters. The molecule has 0 spiro atoms. The second-order valence-corrected chi connectivity index (χ2v) is 5.87. The van der Waals surface area contributed by atoms with Crippen LogP contribution in [0.25, 0.3) is 0 Å². The molecule has 1 rings (SSSR count). The summed E-state index contributed by atoms with van der Waals surface area (Å²) in [6, 6.07) is 8.87. The van der Waals surface area contributed by atoms with E-state index in [1.807, 2.05) is 6.07 Å². The lowest BCUT2D eigenvalue weighted by Crippen LogP contribution is -2.26. The van der Waals surface area contributed by atoms with Gasteiger partial charge in [-0.1, -0.05) is 30.3 Å². The van der Waals surface area contributed by atoms with Gasteiger partial charge in [0.15, 0.2) is 9.84 Å². The molecule has 0 bridgehead atoms. The smallest absolute Gasteiger partial charge is 0.164 e. The number of rotatable bonds is 4. The van der Waals surface area contributed by atoms with Crippen molar-refractivity contribution in [1.29, 1.82) is 0 Å². The molecule has 15 heavy (non-hydrogen) atoms. The zero-order valence-corrected chi connectivity index (χ0v) is 9.62. The largest absolute Gasteiger partial charge is 0.299 e. The molecule has 1 aromatic carbocycles. The van der Waals surface area contributed by atoms with Crippen LogP contribution in [0.4, 0.5) is 0 Å². The van der Waals surface area contributed by atoms with E-state index in [-0.39, 0.29) is 11.5 Å². The van der Waals surface area contributed by atoms with Crippen LogP contribution in [0.15, 0.2) is 30.3 Å². The predicted octanol–water partition coefficient (Wildman–Crippen LogP) is 1.58. The van der Waals surface area contributed by atoms with Crippen LogP contribution in [0, 0.1) is 0 Å². The van der Waals surface area contributed by atoms with Gasteiger partial charge in [0.25, 0.3) is 0 Å². The van der Waals surface area contributed by atoms with Gasteiger partial charge in [-0.05, 0) is 19.4 Å². The summed E-state index contributed by atoms with van der Waals surface area (Å²) in [6.45, 7) is 2.73. The summed E-state index contributed by atoms with van der Waals surface area (Å²) in [7, 11) is -3.36. The Hall–Kier alpha value is -1.16. The van der Waals surface area contributed by atoms with Crippen molar-refractivity contribution in [1.82, 2.24) is 0 Å². The maximum atomic E-state index is 11.7. The van der Waals surface area contributed by atoms with Gasteiger partial charge >= 0.3 is 0 Å². The van der Waals surface area contributed by atoms with Gasteiger partial charge in [-0.3, -0.25) is 4.79 Å². The van der Waals surface area contributed by atoms with Gasteiger partial charge in [0.2, 0.25) is 0 Å². The summed E-state index contributed by atoms with van der Waals surface area (Å²) in [5.74, 6) is -0.389. The minimum Gasteiger partial charge on any atom is -0.299 e. The van der Waals surface area contributed by atoms with Crippen LogP contribution < -0.4 is 0 Å². The van der Waals surface area contributed by atoms with E-state index in [0.717, 1.165) is 0 Å². The SMILES string of the molecule is CC(=O)C(C)S(=O)(=O)Cc1ccccc1. The molecular weight excluding hydrogens is 212 g/mol. The fourth-order valence-electron chi connectivity index (χ4n) is 1.18. The summed E-state index contributed by atoms with van der Waals surface area (Å²) in [5.41, 5.74) is 0.714. The fraction of sp³-hybridized carbons (Fsp3) is 0.364. The Morgan fingerprint density at radius 2 is 1.80 bits per heavy atom. The topological polar surface area (TPSA) is 51.2 Å². The highest BCUT2D eigenvalue weighted by Gasteiger charge is 2.24. The zero-order chi connectivity index (χ0) is 11.5. The third-order valence-corrected chi connectivity index (χ3v) is 4.47. The Bertz CT molecular complexity index is 434. The molecule has 4 heteroatoms. The molecule has 1 unspecified atom stereocenters. The van der Waals surface area contributed by atoms with Crippen molar-refractivity contribution in [3.05, 3.63) is 35.9 Å². The molecule has 0 aromatic heterocycles. The van der Waals surface area contributed by atoms with E-state index in [4.69, 9.17) is 0 Å². The maximum Gasteiger partial charge on any atom is 0.164 e. The lowest BCUT2D eigenvalue weighted by Gasteiger charge is -2.09. The van der Waals surface area contributed by atoms with Crippen LogP contribution in [-0.4, -0.2) is 19.5 Å². The number of Topliss-reactive ketones (excluding diaryl/α,β-unsaturated/α-hetero) is 1. The van der Waals surface area contributed by atoms with Crippen LogP contribution >= 0.6 is 0 Å². The van der Waals surface area contributed by atoms with Gasteiger partial charge < -0.3 is 0 Å². The molecule has 0 heterocycles. The molecule has 0 saturated heterocycles. The minimum absolute atomic E-state index is 0.0748. The van der Waals surface area contributed by atoms with E-state index in [1.165, 1.54) is 13.8 Å².